The second-order valence-corrected chi connectivity index (χ2v) is 22.1. The zero-order valence-corrected chi connectivity index (χ0v) is 52.3. The summed E-state index contributed by atoms with van der Waals surface area (Å²) in [6, 6.07) is -1.05. The van der Waals surface area contributed by atoms with Crippen molar-refractivity contribution in [3.05, 3.63) is 134 Å². The maximum atomic E-state index is 13.5. The molecule has 0 aliphatic carbocycles. The van der Waals surface area contributed by atoms with Crippen LogP contribution < -0.4 is 5.32 Å². The highest BCUT2D eigenvalue weighted by Gasteiger charge is 2.47. The van der Waals surface area contributed by atoms with Crippen molar-refractivity contribution < 1.29 is 49.3 Å². The molecule has 1 rings (SSSR count). The monoisotopic (exact) mass is 1160 g/mol. The maximum Gasteiger partial charge on any atom is 0.306 e. The fraction of sp³-hybridized carbons (Fsp3) is 0.667. The lowest BCUT2D eigenvalue weighted by Gasteiger charge is -2.41. The fourth-order valence-electron chi connectivity index (χ4n) is 9.42. The molecule has 472 valence electrons. The first-order chi connectivity index (χ1) is 40.7. The summed E-state index contributed by atoms with van der Waals surface area (Å²) >= 11 is 0. The number of aliphatic hydroxyl groups excluding tert-OH is 5. The molecule has 0 saturated carbocycles. The molecule has 6 N–H and O–H groups in total. The van der Waals surface area contributed by atoms with Gasteiger partial charge in [0.25, 0.3) is 0 Å². The van der Waals surface area contributed by atoms with Gasteiger partial charge < -0.3 is 45.1 Å². The van der Waals surface area contributed by atoms with E-state index >= 15 is 0 Å². The van der Waals surface area contributed by atoms with Gasteiger partial charge in [0.2, 0.25) is 5.91 Å². The highest BCUT2D eigenvalue weighted by molar-refractivity contribution is 5.80. The first kappa shape index (κ1) is 76.8. The van der Waals surface area contributed by atoms with E-state index in [-0.39, 0.29) is 19.4 Å². The number of ether oxygens (including phenoxy) is 3. The van der Waals surface area contributed by atoms with Gasteiger partial charge in [0, 0.05) is 6.42 Å². The molecule has 1 amide bonds. The van der Waals surface area contributed by atoms with Crippen LogP contribution in [0.5, 0.6) is 0 Å². The smallest absolute Gasteiger partial charge is 0.306 e. The Hall–Kier alpha value is -4.20. The summed E-state index contributed by atoms with van der Waals surface area (Å²) in [6.07, 6.45) is 72.1. The number of carbonyl (C=O) groups is 2. The van der Waals surface area contributed by atoms with Gasteiger partial charge in [-0.3, -0.25) is 9.59 Å². The number of amides is 1. The van der Waals surface area contributed by atoms with Gasteiger partial charge in [0.1, 0.15) is 24.4 Å². The van der Waals surface area contributed by atoms with E-state index in [1.807, 2.05) is 18.2 Å². The number of hydrogen-bond acceptors (Lipinski definition) is 10. The van der Waals surface area contributed by atoms with Gasteiger partial charge in [-0.1, -0.05) is 264 Å². The Morgan fingerprint density at radius 3 is 1.30 bits per heavy atom. The lowest BCUT2D eigenvalue weighted by Crippen LogP contribution is -2.61. The van der Waals surface area contributed by atoms with Gasteiger partial charge in [-0.25, -0.2) is 0 Å². The molecule has 83 heavy (non-hydrogen) atoms. The standard InChI is InChI=1S/C72H119NO10/c1-4-7-10-13-16-19-22-24-26-28-29-30-31-32-33-34-35-36-38-39-41-44-47-50-53-56-59-65(76)71(80)73-63(64(75)58-55-52-49-46-43-21-18-15-12-9-6-3)62-81-72-70(69(79)68(78)66(61-74)82-72)83-67(77)60-57-54-51-48-45-42-40-37-27-25-23-20-17-14-11-8-5-2/h7-8,10-11,16-17,19-20,24-27,29-30,32-33,40,42,48,51,55,58,63-66,68-70,72,74-76,78-79H,4-6,9,12-15,18,21-23,28,31,34-39,41,43-47,49-50,52-54,56-57,59-62H2,1-3H3,(H,73,80)/b10-7-,11-8-,19-16-,20-17-,26-24-,27-25-,30-29-,33-32-,42-40-,51-48-,58-55+. The number of aliphatic hydroxyl groups is 5. The number of allylic oxidation sites excluding steroid dienone is 21. The van der Waals surface area contributed by atoms with Crippen LogP contribution in [0.3, 0.4) is 0 Å². The maximum absolute atomic E-state index is 13.5. The van der Waals surface area contributed by atoms with Crippen LogP contribution >= 0.6 is 0 Å². The van der Waals surface area contributed by atoms with E-state index in [0.717, 1.165) is 116 Å². The van der Waals surface area contributed by atoms with E-state index in [2.05, 4.69) is 135 Å². The molecular formula is C72H119NO10. The third-order valence-electron chi connectivity index (χ3n) is 14.5. The second kappa shape index (κ2) is 58.2. The molecule has 11 heteroatoms. The van der Waals surface area contributed by atoms with E-state index in [4.69, 9.17) is 14.2 Å². The summed E-state index contributed by atoms with van der Waals surface area (Å²) in [5.41, 5.74) is 0. The Kier molecular flexibility index (Phi) is 53.9. The van der Waals surface area contributed by atoms with Gasteiger partial charge in [-0.05, 0) is 109 Å². The lowest BCUT2D eigenvalue weighted by atomic mass is 9.99. The van der Waals surface area contributed by atoms with Gasteiger partial charge in [-0.2, -0.15) is 0 Å². The van der Waals surface area contributed by atoms with Crippen molar-refractivity contribution in [3.63, 3.8) is 0 Å². The number of esters is 1. The molecule has 0 radical (unpaired) electrons. The summed E-state index contributed by atoms with van der Waals surface area (Å²) in [5.74, 6) is -1.27. The summed E-state index contributed by atoms with van der Waals surface area (Å²) < 4.78 is 17.6. The van der Waals surface area contributed by atoms with Gasteiger partial charge in [0.05, 0.1) is 25.4 Å². The Morgan fingerprint density at radius 2 is 0.867 bits per heavy atom. The molecular weight excluding hydrogens is 1040 g/mol. The number of nitrogens with one attached hydrogen (secondary N) is 1. The third kappa shape index (κ3) is 45.8. The van der Waals surface area contributed by atoms with Crippen LogP contribution in [0.4, 0.5) is 0 Å². The fourth-order valence-corrected chi connectivity index (χ4v) is 9.42. The SMILES string of the molecule is CC/C=C\C/C=C\C/C=C\C/C=C\C/C=C\CCCCCCCCCCCCC(O)C(=O)NC(COC1OC(CO)C(O)C(O)C1OC(=O)CCC/C=C\C/C=C\C/C=C\C/C=C\C/C=C\CC)C(O)/C=C/CCCCCCCCCCC. The Bertz CT molecular complexity index is 1860. The van der Waals surface area contributed by atoms with E-state index in [0.29, 0.717) is 19.3 Å². The highest BCUT2D eigenvalue weighted by Crippen LogP contribution is 2.26. The Balaban J connectivity index is 2.62. The van der Waals surface area contributed by atoms with Gasteiger partial charge in [0.15, 0.2) is 12.4 Å². The van der Waals surface area contributed by atoms with E-state index < -0.39 is 67.4 Å². The van der Waals surface area contributed by atoms with Crippen molar-refractivity contribution in [1.82, 2.24) is 5.32 Å². The average molecular weight is 1160 g/mol. The molecule has 0 aromatic carbocycles. The minimum atomic E-state index is -1.65. The van der Waals surface area contributed by atoms with E-state index in [9.17, 15) is 35.1 Å². The van der Waals surface area contributed by atoms with Crippen molar-refractivity contribution in [3.8, 4) is 0 Å². The van der Waals surface area contributed by atoms with Crippen LogP contribution in [0, 0.1) is 0 Å². The number of hydrogen-bond donors (Lipinski definition) is 6. The Labute approximate surface area is 505 Å². The summed E-state index contributed by atoms with van der Waals surface area (Å²) in [5, 5.41) is 57.0. The van der Waals surface area contributed by atoms with Crippen molar-refractivity contribution in [2.75, 3.05) is 13.2 Å². The third-order valence-corrected chi connectivity index (χ3v) is 14.5. The van der Waals surface area contributed by atoms with Crippen molar-refractivity contribution in [2.24, 2.45) is 0 Å². The van der Waals surface area contributed by atoms with Crippen LogP contribution in [0.1, 0.15) is 245 Å². The van der Waals surface area contributed by atoms with E-state index in [1.165, 1.54) is 77.0 Å². The molecule has 8 atom stereocenters. The second-order valence-electron chi connectivity index (χ2n) is 22.1. The molecule has 1 saturated heterocycles. The van der Waals surface area contributed by atoms with Gasteiger partial charge in [-0.15, -0.1) is 0 Å². The summed E-state index contributed by atoms with van der Waals surface area (Å²) in [6.45, 7) is 5.52. The zero-order chi connectivity index (χ0) is 60.3. The predicted octanol–water partition coefficient (Wildman–Crippen LogP) is 16.4. The quantitative estimate of drug-likeness (QED) is 0.0195. The summed E-state index contributed by atoms with van der Waals surface area (Å²) in [7, 11) is 0. The largest absolute Gasteiger partial charge is 0.454 e. The molecule has 8 unspecified atom stereocenters. The molecule has 1 aliphatic rings. The molecule has 0 aromatic heterocycles. The average Bonchev–Trinajstić information content (AvgIpc) is 3.62. The van der Waals surface area contributed by atoms with Crippen molar-refractivity contribution >= 4 is 11.9 Å². The normalized spacial score (nSPS) is 19.4. The lowest BCUT2D eigenvalue weighted by molar-refractivity contribution is -0.305. The number of unbranched alkanes of at least 4 members (excludes halogenated alkanes) is 20. The first-order valence-corrected chi connectivity index (χ1v) is 33.0. The predicted molar refractivity (Wildman–Crippen MR) is 347 cm³/mol. The zero-order valence-electron chi connectivity index (χ0n) is 52.3. The molecule has 1 aliphatic heterocycles. The minimum Gasteiger partial charge on any atom is -0.454 e. The first-order valence-electron chi connectivity index (χ1n) is 33.0. The number of rotatable bonds is 54. The molecule has 11 nitrogen and oxygen atoms in total. The van der Waals surface area contributed by atoms with Crippen LogP contribution in [0.2, 0.25) is 0 Å². The Morgan fingerprint density at radius 1 is 0.482 bits per heavy atom. The van der Waals surface area contributed by atoms with Crippen LogP contribution in [-0.2, 0) is 23.8 Å². The van der Waals surface area contributed by atoms with Crippen molar-refractivity contribution in [1.29, 1.82) is 0 Å². The molecule has 0 bridgehead atoms. The van der Waals surface area contributed by atoms with Gasteiger partial charge >= 0.3 is 5.97 Å². The molecule has 0 spiro atoms. The molecule has 1 heterocycles. The van der Waals surface area contributed by atoms with Crippen LogP contribution in [0.15, 0.2) is 134 Å². The van der Waals surface area contributed by atoms with Crippen LogP contribution in [0.25, 0.3) is 0 Å². The molecule has 0 aromatic rings. The number of carbonyl (C=O) groups excluding carboxylic acids is 2. The summed E-state index contributed by atoms with van der Waals surface area (Å²) in [4.78, 5) is 26.6. The minimum absolute atomic E-state index is 0.0384. The van der Waals surface area contributed by atoms with E-state index in [1.54, 1.807) is 6.08 Å². The topological polar surface area (TPSA) is 175 Å². The highest BCUT2D eigenvalue weighted by atomic mass is 16.7. The molecule has 1 fully saturated rings. The van der Waals surface area contributed by atoms with Crippen molar-refractivity contribution in [2.45, 2.75) is 294 Å². The van der Waals surface area contributed by atoms with Crippen LogP contribution in [-0.4, -0.2) is 99.6 Å².